The van der Waals surface area contributed by atoms with E-state index in [0.717, 1.165) is 25.0 Å². The fourth-order valence-electron chi connectivity index (χ4n) is 2.09. The molecule has 0 aromatic rings. The van der Waals surface area contributed by atoms with Gasteiger partial charge in [0, 0.05) is 25.8 Å². The highest BCUT2D eigenvalue weighted by molar-refractivity contribution is 5.79. The molecule has 4 heteroatoms. The first-order valence-electron chi connectivity index (χ1n) is 5.53. The highest BCUT2D eigenvalue weighted by Crippen LogP contribution is 2.20. The van der Waals surface area contributed by atoms with Gasteiger partial charge >= 0.3 is 0 Å². The largest absolute Gasteiger partial charge is 0.390 e. The third-order valence-corrected chi connectivity index (χ3v) is 3.12. The molecule has 0 aromatic carbocycles. The molecule has 1 fully saturated rings. The summed E-state index contributed by atoms with van der Waals surface area (Å²) in [6, 6.07) is 0. The van der Waals surface area contributed by atoms with Crippen molar-refractivity contribution >= 4 is 5.91 Å². The lowest BCUT2D eigenvalue weighted by atomic mass is 10.2. The Balaban J connectivity index is 1.80. The number of likely N-dealkylation sites (N-methyl/N-ethyl adjacent to an activating group) is 1. The zero-order chi connectivity index (χ0) is 10.8. The maximum absolute atomic E-state index is 11.8. The highest BCUT2D eigenvalue weighted by Gasteiger charge is 2.27. The number of amides is 1. The van der Waals surface area contributed by atoms with Gasteiger partial charge in [-0.05, 0) is 19.3 Å². The van der Waals surface area contributed by atoms with Gasteiger partial charge in [-0.3, -0.25) is 9.69 Å². The summed E-state index contributed by atoms with van der Waals surface area (Å²) >= 11 is 0. The lowest BCUT2D eigenvalue weighted by Gasteiger charge is -2.36. The normalized spacial score (nSPS) is 22.4. The first kappa shape index (κ1) is 10.6. The molecular weight excluding hydrogens is 192 g/mol. The molecule has 0 spiro atoms. The summed E-state index contributed by atoms with van der Waals surface area (Å²) < 4.78 is 0. The molecule has 0 aromatic heterocycles. The van der Waals surface area contributed by atoms with Crippen molar-refractivity contribution in [1.82, 2.24) is 9.80 Å². The minimum absolute atomic E-state index is 0.134. The van der Waals surface area contributed by atoms with Crippen LogP contribution in [-0.4, -0.2) is 53.6 Å². The Kier molecular flexibility index (Phi) is 3.07. The van der Waals surface area contributed by atoms with Gasteiger partial charge in [-0.2, -0.15) is 0 Å². The molecule has 2 aliphatic rings. The molecule has 1 N–H and O–H groups in total. The van der Waals surface area contributed by atoms with Gasteiger partial charge in [-0.15, -0.1) is 0 Å². The quantitative estimate of drug-likeness (QED) is 0.723. The fourth-order valence-corrected chi connectivity index (χ4v) is 2.09. The Labute approximate surface area is 90.2 Å². The Morgan fingerprint density at radius 3 is 2.93 bits per heavy atom. The monoisotopic (exact) mass is 210 g/mol. The van der Waals surface area contributed by atoms with Crippen molar-refractivity contribution < 1.29 is 9.90 Å². The predicted octanol–water partition coefficient (Wildman–Crippen LogP) is 0.189. The van der Waals surface area contributed by atoms with Crippen LogP contribution in [0.4, 0.5) is 0 Å². The molecule has 1 heterocycles. The van der Waals surface area contributed by atoms with E-state index in [1.54, 1.807) is 4.90 Å². The van der Waals surface area contributed by atoms with Crippen molar-refractivity contribution in [3.8, 4) is 0 Å². The van der Waals surface area contributed by atoms with Gasteiger partial charge in [0.25, 0.3) is 0 Å². The summed E-state index contributed by atoms with van der Waals surface area (Å²) in [5, 5.41) is 9.10. The van der Waals surface area contributed by atoms with E-state index in [4.69, 9.17) is 5.11 Å². The molecule has 0 saturated carbocycles. The Hall–Kier alpha value is -0.870. The fraction of sp³-hybridized carbons (Fsp3) is 0.727. The van der Waals surface area contributed by atoms with Gasteiger partial charge in [0.05, 0.1) is 12.6 Å². The average Bonchev–Trinajstić information content (AvgIpc) is 2.66. The minimum Gasteiger partial charge on any atom is -0.390 e. The number of allylic oxidation sites excluding steroid dienone is 2. The maximum atomic E-state index is 11.8. The van der Waals surface area contributed by atoms with Gasteiger partial charge in [0.15, 0.2) is 0 Å². The summed E-state index contributed by atoms with van der Waals surface area (Å²) in [5.74, 6) is 0.134. The van der Waals surface area contributed by atoms with Crippen LogP contribution in [0.3, 0.4) is 0 Å². The van der Waals surface area contributed by atoms with Crippen molar-refractivity contribution in [2.45, 2.75) is 25.4 Å². The number of β-amino-alcohol motifs (C(OH)–C–C–N with tert-alkyl or cyclic N) is 1. The molecule has 0 radical (unpaired) electrons. The van der Waals surface area contributed by atoms with Crippen molar-refractivity contribution in [3.63, 3.8) is 0 Å². The number of nitrogens with zero attached hydrogens (tertiary/aromatic N) is 2. The van der Waals surface area contributed by atoms with E-state index in [2.05, 4.69) is 6.08 Å². The number of rotatable bonds is 3. The van der Waals surface area contributed by atoms with Crippen LogP contribution >= 0.6 is 0 Å². The smallest absolute Gasteiger partial charge is 0.240 e. The second-order valence-corrected chi connectivity index (χ2v) is 4.39. The Bertz CT molecular complexity index is 282. The summed E-state index contributed by atoms with van der Waals surface area (Å²) in [6.07, 6.45) is 5.19. The van der Waals surface area contributed by atoms with E-state index in [-0.39, 0.29) is 12.0 Å². The van der Waals surface area contributed by atoms with Crippen molar-refractivity contribution in [2.75, 3.05) is 26.7 Å². The van der Waals surface area contributed by atoms with Crippen LogP contribution < -0.4 is 0 Å². The lowest BCUT2D eigenvalue weighted by molar-refractivity contribution is -0.132. The van der Waals surface area contributed by atoms with E-state index >= 15 is 0 Å². The molecule has 1 aliphatic carbocycles. The summed E-state index contributed by atoms with van der Waals surface area (Å²) in [5.41, 5.74) is 1.15. The van der Waals surface area contributed by atoms with Gasteiger partial charge in [-0.25, -0.2) is 0 Å². The van der Waals surface area contributed by atoms with E-state index in [1.807, 2.05) is 11.9 Å². The molecule has 0 unspecified atom stereocenters. The highest BCUT2D eigenvalue weighted by atomic mass is 16.3. The van der Waals surface area contributed by atoms with Crippen LogP contribution in [0.2, 0.25) is 0 Å². The van der Waals surface area contributed by atoms with Gasteiger partial charge in [0.2, 0.25) is 5.91 Å². The third-order valence-electron chi connectivity index (χ3n) is 3.12. The number of carbonyl (C=O) groups is 1. The molecule has 1 saturated heterocycles. The van der Waals surface area contributed by atoms with E-state index in [0.29, 0.717) is 19.6 Å². The molecule has 4 nitrogen and oxygen atoms in total. The first-order chi connectivity index (χ1) is 7.16. The molecule has 84 valence electrons. The molecule has 1 amide bonds. The van der Waals surface area contributed by atoms with E-state index in [9.17, 15) is 4.79 Å². The van der Waals surface area contributed by atoms with Gasteiger partial charge in [-0.1, -0.05) is 6.08 Å². The van der Waals surface area contributed by atoms with Crippen molar-refractivity contribution in [2.24, 2.45) is 0 Å². The van der Waals surface area contributed by atoms with E-state index in [1.165, 1.54) is 0 Å². The van der Waals surface area contributed by atoms with Crippen LogP contribution in [0, 0.1) is 0 Å². The summed E-state index contributed by atoms with van der Waals surface area (Å²) in [6.45, 7) is 1.71. The second-order valence-electron chi connectivity index (χ2n) is 4.39. The number of hydrogen-bond donors (Lipinski definition) is 1. The number of likely N-dealkylation sites (tertiary alicyclic amines) is 1. The average molecular weight is 210 g/mol. The topological polar surface area (TPSA) is 43.8 Å². The van der Waals surface area contributed by atoms with Crippen molar-refractivity contribution in [3.05, 3.63) is 11.8 Å². The Morgan fingerprint density at radius 1 is 1.67 bits per heavy atom. The zero-order valence-corrected chi connectivity index (χ0v) is 9.15. The third kappa shape index (κ3) is 2.38. The predicted molar refractivity (Wildman–Crippen MR) is 57.2 cm³/mol. The standard InChI is InChI=1S/C11H18N2O2/c1-12(9-4-2-3-5-9)11(15)8-13-6-10(14)7-13/h4,10,14H,2-3,5-8H2,1H3. The lowest BCUT2D eigenvalue weighted by Crippen LogP contribution is -2.53. The SMILES string of the molecule is CN(C(=O)CN1CC(O)C1)C1=CCCC1. The molecule has 2 rings (SSSR count). The number of aliphatic hydroxyl groups is 1. The van der Waals surface area contributed by atoms with Gasteiger partial charge in [0.1, 0.15) is 0 Å². The number of hydrogen-bond acceptors (Lipinski definition) is 3. The van der Waals surface area contributed by atoms with Crippen LogP contribution in [0.15, 0.2) is 11.8 Å². The molecule has 15 heavy (non-hydrogen) atoms. The summed E-state index contributed by atoms with van der Waals surface area (Å²) in [4.78, 5) is 15.5. The Morgan fingerprint density at radius 2 is 2.40 bits per heavy atom. The minimum atomic E-state index is -0.228. The number of carbonyl (C=O) groups excluding carboxylic acids is 1. The van der Waals surface area contributed by atoms with Crippen LogP contribution in [-0.2, 0) is 4.79 Å². The number of aliphatic hydroxyl groups excluding tert-OH is 1. The van der Waals surface area contributed by atoms with Crippen molar-refractivity contribution in [1.29, 1.82) is 0 Å². The summed E-state index contributed by atoms with van der Waals surface area (Å²) in [7, 11) is 1.84. The van der Waals surface area contributed by atoms with Gasteiger partial charge < -0.3 is 10.0 Å². The molecule has 0 bridgehead atoms. The first-order valence-corrected chi connectivity index (χ1v) is 5.53. The zero-order valence-electron chi connectivity index (χ0n) is 9.15. The molecule has 1 aliphatic heterocycles. The second kappa shape index (κ2) is 4.33. The van der Waals surface area contributed by atoms with Crippen LogP contribution in [0.1, 0.15) is 19.3 Å². The molecule has 0 atom stereocenters. The van der Waals surface area contributed by atoms with Crippen LogP contribution in [0.5, 0.6) is 0 Å². The molecular formula is C11H18N2O2. The van der Waals surface area contributed by atoms with Crippen LogP contribution in [0.25, 0.3) is 0 Å². The van der Waals surface area contributed by atoms with E-state index < -0.39 is 0 Å². The maximum Gasteiger partial charge on any atom is 0.240 e.